The molecule has 0 radical (unpaired) electrons. The van der Waals surface area contributed by atoms with Crippen molar-refractivity contribution in [3.8, 4) is 34.4 Å². The number of nitriles is 1. The third kappa shape index (κ3) is 1.33. The molecule has 94 valence electrons. The van der Waals surface area contributed by atoms with E-state index in [0.717, 1.165) is 21.9 Å². The molecule has 3 aromatic carbocycles. The van der Waals surface area contributed by atoms with Crippen molar-refractivity contribution in [2.75, 3.05) is 0 Å². The van der Waals surface area contributed by atoms with Gasteiger partial charge in [-0.25, -0.2) is 0 Å². The summed E-state index contributed by atoms with van der Waals surface area (Å²) in [6.07, 6.45) is 0. The molecule has 3 heteroatoms. The second-order valence-corrected chi connectivity index (χ2v) is 4.74. The molecule has 0 fully saturated rings. The predicted molar refractivity (Wildman–Crippen MR) is 75.8 cm³/mol. The van der Waals surface area contributed by atoms with Crippen molar-refractivity contribution in [2.24, 2.45) is 0 Å². The van der Waals surface area contributed by atoms with Crippen LogP contribution in [0.1, 0.15) is 5.56 Å². The number of nitrogens with zero attached hydrogens (tertiary/aromatic N) is 1. The zero-order chi connectivity index (χ0) is 13.7. The van der Waals surface area contributed by atoms with Crippen molar-refractivity contribution in [3.63, 3.8) is 0 Å². The third-order valence-corrected chi connectivity index (χ3v) is 3.60. The first kappa shape index (κ1) is 10.9. The Balaban J connectivity index is 2.13. The number of hydrogen-bond acceptors (Lipinski definition) is 3. The zero-order valence-corrected chi connectivity index (χ0v) is 10.4. The van der Waals surface area contributed by atoms with Crippen LogP contribution < -0.4 is 4.74 Å². The molecule has 0 atom stereocenters. The van der Waals surface area contributed by atoms with E-state index < -0.39 is 0 Å². The highest BCUT2D eigenvalue weighted by atomic mass is 16.5. The Bertz CT molecular complexity index is 907. The van der Waals surface area contributed by atoms with Crippen LogP contribution in [-0.2, 0) is 0 Å². The fourth-order valence-electron chi connectivity index (χ4n) is 2.69. The quantitative estimate of drug-likeness (QED) is 0.515. The third-order valence-electron chi connectivity index (χ3n) is 3.60. The normalized spacial score (nSPS) is 11.6. The van der Waals surface area contributed by atoms with Crippen LogP contribution in [0.25, 0.3) is 21.9 Å². The summed E-state index contributed by atoms with van der Waals surface area (Å²) >= 11 is 0. The zero-order valence-electron chi connectivity index (χ0n) is 10.4. The lowest BCUT2D eigenvalue weighted by Gasteiger charge is -2.21. The van der Waals surface area contributed by atoms with Gasteiger partial charge in [-0.15, -0.1) is 0 Å². The largest absolute Gasteiger partial charge is 0.507 e. The molecule has 0 amide bonds. The van der Waals surface area contributed by atoms with E-state index in [1.807, 2.05) is 24.3 Å². The van der Waals surface area contributed by atoms with Crippen LogP contribution in [0.4, 0.5) is 0 Å². The molecule has 0 aliphatic carbocycles. The van der Waals surface area contributed by atoms with Crippen LogP contribution >= 0.6 is 0 Å². The van der Waals surface area contributed by atoms with E-state index in [-0.39, 0.29) is 5.75 Å². The summed E-state index contributed by atoms with van der Waals surface area (Å²) in [5.74, 6) is 1.62. The van der Waals surface area contributed by atoms with Gasteiger partial charge in [0, 0.05) is 16.3 Å². The predicted octanol–water partition coefficient (Wildman–Crippen LogP) is 4.19. The molecular formula is C17H9NO2. The van der Waals surface area contributed by atoms with Crippen molar-refractivity contribution in [1.29, 1.82) is 5.26 Å². The first-order chi connectivity index (χ1) is 9.78. The molecule has 3 aromatic rings. The van der Waals surface area contributed by atoms with Gasteiger partial charge in [-0.2, -0.15) is 5.26 Å². The summed E-state index contributed by atoms with van der Waals surface area (Å²) in [6.45, 7) is 0. The molecule has 0 bridgehead atoms. The van der Waals surface area contributed by atoms with E-state index in [9.17, 15) is 5.11 Å². The standard InChI is InChI=1S/C17H9NO2/c18-9-10-4-5-11-12-2-1-3-13-14(19)6-7-15(17(12)13)20-16(11)8-10/h1-8,19H. The van der Waals surface area contributed by atoms with E-state index in [4.69, 9.17) is 10.00 Å². The number of hydrogen-bond donors (Lipinski definition) is 1. The van der Waals surface area contributed by atoms with Crippen molar-refractivity contribution < 1.29 is 9.84 Å². The van der Waals surface area contributed by atoms with Gasteiger partial charge < -0.3 is 9.84 Å². The number of rotatable bonds is 0. The summed E-state index contributed by atoms with van der Waals surface area (Å²) in [4.78, 5) is 0. The molecule has 0 spiro atoms. The van der Waals surface area contributed by atoms with Gasteiger partial charge >= 0.3 is 0 Å². The van der Waals surface area contributed by atoms with Crippen LogP contribution in [0.2, 0.25) is 0 Å². The van der Waals surface area contributed by atoms with E-state index in [1.54, 1.807) is 24.3 Å². The lowest BCUT2D eigenvalue weighted by molar-refractivity contribution is 0.472. The molecule has 1 heterocycles. The Morgan fingerprint density at radius 3 is 2.70 bits per heavy atom. The SMILES string of the molecule is N#Cc1ccc2c(c1)Oc1ccc(O)c3cccc-2c13. The van der Waals surface area contributed by atoms with E-state index in [1.165, 1.54) is 0 Å². The topological polar surface area (TPSA) is 53.2 Å². The smallest absolute Gasteiger partial charge is 0.136 e. The number of fused-ring (bicyclic) bond motifs is 2. The first-order valence-electron chi connectivity index (χ1n) is 6.25. The van der Waals surface area contributed by atoms with Gasteiger partial charge in [-0.1, -0.05) is 18.2 Å². The maximum absolute atomic E-state index is 9.97. The Hall–Kier alpha value is -2.99. The molecule has 3 nitrogen and oxygen atoms in total. The van der Waals surface area contributed by atoms with E-state index >= 15 is 0 Å². The first-order valence-corrected chi connectivity index (χ1v) is 6.25. The molecule has 0 unspecified atom stereocenters. The number of benzene rings is 3. The minimum absolute atomic E-state index is 0.242. The minimum atomic E-state index is 0.242. The lowest BCUT2D eigenvalue weighted by Crippen LogP contribution is -1.97. The number of phenols is 1. The maximum atomic E-state index is 9.97. The molecule has 1 N–H and O–H groups in total. The number of ether oxygens (including phenoxy) is 1. The molecule has 0 saturated heterocycles. The van der Waals surface area contributed by atoms with Gasteiger partial charge in [0.05, 0.1) is 11.6 Å². The highest BCUT2D eigenvalue weighted by Crippen LogP contribution is 2.48. The van der Waals surface area contributed by atoms with Crippen LogP contribution in [0.5, 0.6) is 17.2 Å². The average molecular weight is 259 g/mol. The van der Waals surface area contributed by atoms with Gasteiger partial charge in [-0.3, -0.25) is 0 Å². The summed E-state index contributed by atoms with van der Waals surface area (Å²) in [5.41, 5.74) is 2.52. The monoisotopic (exact) mass is 259 g/mol. The summed E-state index contributed by atoms with van der Waals surface area (Å²) in [6, 6.07) is 16.7. The number of aromatic hydroxyl groups is 1. The summed E-state index contributed by atoms with van der Waals surface area (Å²) in [7, 11) is 0. The minimum Gasteiger partial charge on any atom is -0.507 e. The Kier molecular flexibility index (Phi) is 2.04. The summed E-state index contributed by atoms with van der Waals surface area (Å²) in [5, 5.41) is 20.6. The van der Waals surface area contributed by atoms with Crippen molar-refractivity contribution in [1.82, 2.24) is 0 Å². The highest BCUT2D eigenvalue weighted by molar-refractivity contribution is 6.06. The second-order valence-electron chi connectivity index (χ2n) is 4.74. The molecule has 1 aliphatic rings. The van der Waals surface area contributed by atoms with E-state index in [0.29, 0.717) is 17.1 Å². The highest BCUT2D eigenvalue weighted by Gasteiger charge is 2.21. The van der Waals surface area contributed by atoms with Gasteiger partial charge in [0.15, 0.2) is 0 Å². The molecule has 0 aromatic heterocycles. The fourth-order valence-corrected chi connectivity index (χ4v) is 2.69. The van der Waals surface area contributed by atoms with Crippen molar-refractivity contribution in [3.05, 3.63) is 54.1 Å². The summed E-state index contributed by atoms with van der Waals surface area (Å²) < 4.78 is 5.88. The Morgan fingerprint density at radius 2 is 1.85 bits per heavy atom. The Labute approximate surface area is 115 Å². The average Bonchev–Trinajstić information content (AvgIpc) is 2.50. The van der Waals surface area contributed by atoms with Gasteiger partial charge in [-0.05, 0) is 35.9 Å². The van der Waals surface area contributed by atoms with Crippen LogP contribution in [-0.4, -0.2) is 5.11 Å². The number of phenolic OH excluding ortho intramolecular Hbond substituents is 1. The van der Waals surface area contributed by atoms with Crippen LogP contribution in [0.15, 0.2) is 48.5 Å². The van der Waals surface area contributed by atoms with Crippen LogP contribution in [0.3, 0.4) is 0 Å². The second kappa shape index (κ2) is 3.75. The molecular weight excluding hydrogens is 250 g/mol. The lowest BCUT2D eigenvalue weighted by atomic mass is 9.94. The van der Waals surface area contributed by atoms with Gasteiger partial charge in [0.2, 0.25) is 0 Å². The van der Waals surface area contributed by atoms with Gasteiger partial charge in [0.1, 0.15) is 17.2 Å². The van der Waals surface area contributed by atoms with Crippen LogP contribution in [0, 0.1) is 11.3 Å². The Morgan fingerprint density at radius 1 is 0.950 bits per heavy atom. The molecule has 0 saturated carbocycles. The fraction of sp³-hybridized carbons (Fsp3) is 0. The molecule has 4 rings (SSSR count). The van der Waals surface area contributed by atoms with E-state index in [2.05, 4.69) is 6.07 Å². The maximum Gasteiger partial charge on any atom is 0.136 e. The van der Waals surface area contributed by atoms with Gasteiger partial charge in [0.25, 0.3) is 0 Å². The van der Waals surface area contributed by atoms with Crippen molar-refractivity contribution in [2.45, 2.75) is 0 Å². The molecule has 20 heavy (non-hydrogen) atoms. The molecule has 1 aliphatic heterocycles. The van der Waals surface area contributed by atoms with Crippen molar-refractivity contribution >= 4 is 10.8 Å².